The van der Waals surface area contributed by atoms with Crippen molar-refractivity contribution in [2.24, 2.45) is 5.92 Å². The molecule has 0 aromatic heterocycles. The van der Waals surface area contributed by atoms with Gasteiger partial charge in [0.15, 0.2) is 5.11 Å². The molecule has 1 saturated carbocycles. The van der Waals surface area contributed by atoms with E-state index in [2.05, 4.69) is 22.0 Å². The predicted molar refractivity (Wildman–Crippen MR) is 99.0 cm³/mol. The molecule has 1 aromatic carbocycles. The maximum Gasteiger partial charge on any atom is 0.169 e. The van der Waals surface area contributed by atoms with Gasteiger partial charge in [-0.3, -0.25) is 0 Å². The lowest BCUT2D eigenvalue weighted by Crippen LogP contribution is -2.54. The van der Waals surface area contributed by atoms with Crippen molar-refractivity contribution in [2.45, 2.75) is 38.6 Å². The normalized spacial score (nSPS) is 25.3. The average molecular weight is 334 g/mol. The summed E-state index contributed by atoms with van der Waals surface area (Å²) < 4.78 is 0. The van der Waals surface area contributed by atoms with Gasteiger partial charge in [0.25, 0.3) is 0 Å². The van der Waals surface area contributed by atoms with E-state index in [0.29, 0.717) is 17.7 Å². The fourth-order valence-electron chi connectivity index (χ4n) is 3.66. The lowest BCUT2D eigenvalue weighted by atomic mass is 9.86. The summed E-state index contributed by atoms with van der Waals surface area (Å²) in [6.07, 6.45) is 5.21. The van der Waals surface area contributed by atoms with E-state index in [1.165, 1.54) is 25.7 Å². The molecule has 2 atom stereocenters. The Kier molecular flexibility index (Phi) is 5.26. The van der Waals surface area contributed by atoms with E-state index in [4.69, 9.17) is 12.2 Å². The van der Waals surface area contributed by atoms with Crippen LogP contribution in [0.25, 0.3) is 0 Å². The second-order valence-electron chi connectivity index (χ2n) is 6.78. The number of hydrogen-bond donors (Lipinski definition) is 2. The molecule has 1 aromatic rings. The number of phenols is 1. The van der Waals surface area contributed by atoms with Crippen LogP contribution in [0, 0.1) is 5.92 Å². The summed E-state index contributed by atoms with van der Waals surface area (Å²) in [5.41, 5.74) is 0.923. The number of benzene rings is 1. The predicted octanol–water partition coefficient (Wildman–Crippen LogP) is 2.97. The summed E-state index contributed by atoms with van der Waals surface area (Å²) in [5, 5.41) is 14.5. The zero-order valence-electron chi connectivity index (χ0n) is 13.9. The molecule has 2 unspecified atom stereocenters. The van der Waals surface area contributed by atoms with Gasteiger partial charge < -0.3 is 20.2 Å². The number of nitrogens with one attached hydrogen (secondary N) is 1. The highest BCUT2D eigenvalue weighted by Crippen LogP contribution is 2.27. The number of thiocarbonyl (C=S) groups is 1. The Bertz CT molecular complexity index is 543. The van der Waals surface area contributed by atoms with E-state index in [1.54, 1.807) is 6.07 Å². The smallest absolute Gasteiger partial charge is 0.169 e. The number of aromatic hydroxyl groups is 1. The zero-order chi connectivity index (χ0) is 16.2. The van der Waals surface area contributed by atoms with Crippen LogP contribution in [0.2, 0.25) is 0 Å². The Hall–Kier alpha value is -1.49. The molecule has 23 heavy (non-hydrogen) atoms. The Morgan fingerprint density at radius 3 is 2.52 bits per heavy atom. The van der Waals surface area contributed by atoms with E-state index in [0.717, 1.165) is 37.0 Å². The van der Waals surface area contributed by atoms with Gasteiger partial charge in [-0.1, -0.05) is 31.9 Å². The lowest BCUT2D eigenvalue weighted by molar-refractivity contribution is 0.293. The molecule has 0 radical (unpaired) electrons. The van der Waals surface area contributed by atoms with Crippen molar-refractivity contribution in [2.75, 3.05) is 31.1 Å². The molecule has 2 aliphatic rings. The molecule has 4 nitrogen and oxygen atoms in total. The summed E-state index contributed by atoms with van der Waals surface area (Å²) >= 11 is 5.64. The molecular weight excluding hydrogens is 306 g/mol. The lowest BCUT2D eigenvalue weighted by Gasteiger charge is -2.39. The molecule has 0 amide bonds. The Labute approximate surface area is 144 Å². The van der Waals surface area contributed by atoms with E-state index in [-0.39, 0.29) is 0 Å². The van der Waals surface area contributed by atoms with Crippen LogP contribution < -0.4 is 10.2 Å². The van der Waals surface area contributed by atoms with Crippen molar-refractivity contribution in [3.05, 3.63) is 24.3 Å². The summed E-state index contributed by atoms with van der Waals surface area (Å²) in [7, 11) is 0. The van der Waals surface area contributed by atoms with Crippen LogP contribution >= 0.6 is 12.2 Å². The van der Waals surface area contributed by atoms with Gasteiger partial charge in [0, 0.05) is 32.2 Å². The monoisotopic (exact) mass is 333 g/mol. The van der Waals surface area contributed by atoms with Gasteiger partial charge in [-0.25, -0.2) is 0 Å². The number of phenolic OH excluding ortho intramolecular Hbond substituents is 1. The van der Waals surface area contributed by atoms with E-state index < -0.39 is 0 Å². The van der Waals surface area contributed by atoms with Crippen molar-refractivity contribution in [1.82, 2.24) is 10.2 Å². The molecule has 0 spiro atoms. The van der Waals surface area contributed by atoms with E-state index in [9.17, 15) is 5.11 Å². The van der Waals surface area contributed by atoms with Crippen LogP contribution in [0.15, 0.2) is 24.3 Å². The highest BCUT2D eigenvalue weighted by molar-refractivity contribution is 7.80. The van der Waals surface area contributed by atoms with Crippen LogP contribution in [0.5, 0.6) is 5.75 Å². The van der Waals surface area contributed by atoms with E-state index in [1.807, 2.05) is 18.2 Å². The first-order valence-corrected chi connectivity index (χ1v) is 9.14. The third kappa shape index (κ3) is 3.89. The first kappa shape index (κ1) is 16.4. The maximum atomic E-state index is 9.99. The van der Waals surface area contributed by atoms with Crippen LogP contribution in [0.1, 0.15) is 32.6 Å². The van der Waals surface area contributed by atoms with Crippen molar-refractivity contribution in [1.29, 1.82) is 0 Å². The fraction of sp³-hybridized carbons (Fsp3) is 0.611. The SMILES string of the molecule is CC1CCCCC1NC(=S)N1CCN(c2ccccc2O)CC1. The van der Waals surface area contributed by atoms with Crippen LogP contribution in [0.4, 0.5) is 5.69 Å². The second kappa shape index (κ2) is 7.39. The average Bonchev–Trinajstić information content (AvgIpc) is 2.57. The maximum absolute atomic E-state index is 9.99. The van der Waals surface area contributed by atoms with Gasteiger partial charge in [0.2, 0.25) is 0 Å². The number of anilines is 1. The topological polar surface area (TPSA) is 38.7 Å². The number of rotatable bonds is 2. The second-order valence-corrected chi connectivity index (χ2v) is 7.17. The van der Waals surface area contributed by atoms with Crippen molar-refractivity contribution >= 4 is 23.0 Å². The minimum absolute atomic E-state index is 0.359. The van der Waals surface area contributed by atoms with Gasteiger partial charge in [-0.05, 0) is 43.1 Å². The largest absolute Gasteiger partial charge is 0.506 e. The first-order chi connectivity index (χ1) is 11.1. The molecule has 1 aliphatic heterocycles. The molecule has 0 bridgehead atoms. The summed E-state index contributed by atoms with van der Waals surface area (Å²) in [4.78, 5) is 4.50. The van der Waals surface area contributed by atoms with Crippen molar-refractivity contribution < 1.29 is 5.11 Å². The van der Waals surface area contributed by atoms with Crippen LogP contribution in [-0.4, -0.2) is 47.3 Å². The molecule has 2 N–H and O–H groups in total. The van der Waals surface area contributed by atoms with Crippen molar-refractivity contribution in [3.8, 4) is 5.75 Å². The van der Waals surface area contributed by atoms with Gasteiger partial charge >= 0.3 is 0 Å². The minimum atomic E-state index is 0.359. The zero-order valence-corrected chi connectivity index (χ0v) is 14.7. The third-order valence-electron chi connectivity index (χ3n) is 5.21. The third-order valence-corrected chi connectivity index (χ3v) is 5.59. The Morgan fingerprint density at radius 2 is 1.83 bits per heavy atom. The molecule has 1 heterocycles. The minimum Gasteiger partial charge on any atom is -0.506 e. The van der Waals surface area contributed by atoms with Gasteiger partial charge in [-0.15, -0.1) is 0 Å². The fourth-order valence-corrected chi connectivity index (χ4v) is 4.00. The number of hydrogen-bond acceptors (Lipinski definition) is 3. The summed E-state index contributed by atoms with van der Waals surface area (Å²) in [6, 6.07) is 8.09. The van der Waals surface area contributed by atoms with Gasteiger partial charge in [-0.2, -0.15) is 0 Å². The van der Waals surface area contributed by atoms with E-state index >= 15 is 0 Å². The molecular formula is C18H27N3OS. The quantitative estimate of drug-likeness (QED) is 0.814. The summed E-state index contributed by atoms with van der Waals surface area (Å²) in [5.74, 6) is 1.07. The first-order valence-electron chi connectivity index (χ1n) is 8.73. The molecule has 126 valence electrons. The van der Waals surface area contributed by atoms with Crippen LogP contribution in [0.3, 0.4) is 0 Å². The molecule has 1 aliphatic carbocycles. The number of para-hydroxylation sites is 2. The number of piperazine rings is 1. The van der Waals surface area contributed by atoms with Crippen molar-refractivity contribution in [3.63, 3.8) is 0 Å². The molecule has 2 fully saturated rings. The molecule has 5 heteroatoms. The Morgan fingerprint density at radius 1 is 1.13 bits per heavy atom. The molecule has 1 saturated heterocycles. The highest BCUT2D eigenvalue weighted by atomic mass is 32.1. The number of nitrogens with zero attached hydrogens (tertiary/aromatic N) is 2. The summed E-state index contributed by atoms with van der Waals surface area (Å²) in [6.45, 7) is 5.91. The molecule has 3 rings (SSSR count). The van der Waals surface area contributed by atoms with Crippen LogP contribution in [-0.2, 0) is 0 Å². The Balaban J connectivity index is 1.52. The standard InChI is InChI=1S/C18H27N3OS/c1-14-6-2-3-7-15(14)19-18(23)21-12-10-20(11-13-21)16-8-4-5-9-17(16)22/h4-5,8-9,14-15,22H,2-3,6-7,10-13H2,1H3,(H,19,23). The highest BCUT2D eigenvalue weighted by Gasteiger charge is 2.25. The van der Waals surface area contributed by atoms with Gasteiger partial charge in [0.1, 0.15) is 5.75 Å². The van der Waals surface area contributed by atoms with Gasteiger partial charge in [0.05, 0.1) is 5.69 Å².